The number of carbonyl (C=O) groups excluding carboxylic acids is 1. The highest BCUT2D eigenvalue weighted by Crippen LogP contribution is 2.19. The van der Waals surface area contributed by atoms with Gasteiger partial charge in [-0.3, -0.25) is 9.59 Å². The molecule has 0 atom stereocenters. The maximum Gasteiger partial charge on any atom is 0.234 e. The molecule has 1 amide bonds. The average Bonchev–Trinajstić information content (AvgIpc) is 2.61. The molecule has 2 N–H and O–H groups in total. The Balaban J connectivity index is 1.61. The van der Waals surface area contributed by atoms with E-state index in [1.807, 2.05) is 6.07 Å². The SMILES string of the molecule is COc1ccc2[nH]c(CSCC(=O)Nc3cccc(Cl)c3)cc(=O)c2c1. The molecule has 1 heterocycles. The van der Waals surface area contributed by atoms with Gasteiger partial charge in [-0.05, 0) is 36.4 Å². The van der Waals surface area contributed by atoms with E-state index in [-0.39, 0.29) is 17.1 Å². The Bertz CT molecular complexity index is 1000. The maximum absolute atomic E-state index is 12.3. The van der Waals surface area contributed by atoms with Gasteiger partial charge in [0.1, 0.15) is 5.75 Å². The summed E-state index contributed by atoms with van der Waals surface area (Å²) in [5.74, 6) is 1.32. The van der Waals surface area contributed by atoms with Gasteiger partial charge < -0.3 is 15.0 Å². The zero-order valence-electron chi connectivity index (χ0n) is 14.0. The lowest BCUT2D eigenvalue weighted by Gasteiger charge is -2.07. The normalized spacial score (nSPS) is 10.7. The van der Waals surface area contributed by atoms with E-state index in [4.69, 9.17) is 16.3 Å². The summed E-state index contributed by atoms with van der Waals surface area (Å²) in [6.07, 6.45) is 0. The molecule has 134 valence electrons. The number of ether oxygens (including phenoxy) is 1. The first-order chi connectivity index (χ1) is 12.5. The summed E-state index contributed by atoms with van der Waals surface area (Å²) in [6.45, 7) is 0. The van der Waals surface area contributed by atoms with Gasteiger partial charge in [-0.1, -0.05) is 17.7 Å². The van der Waals surface area contributed by atoms with Gasteiger partial charge in [0.05, 0.1) is 12.9 Å². The van der Waals surface area contributed by atoms with E-state index in [2.05, 4.69) is 10.3 Å². The summed E-state index contributed by atoms with van der Waals surface area (Å²) in [5.41, 5.74) is 2.11. The van der Waals surface area contributed by atoms with Crippen molar-refractivity contribution in [1.29, 1.82) is 0 Å². The monoisotopic (exact) mass is 388 g/mol. The van der Waals surface area contributed by atoms with Crippen LogP contribution in [-0.4, -0.2) is 23.8 Å². The summed E-state index contributed by atoms with van der Waals surface area (Å²) in [7, 11) is 1.56. The number of rotatable bonds is 6. The second-order valence-corrected chi connectivity index (χ2v) is 7.04. The van der Waals surface area contributed by atoms with Crippen LogP contribution in [0.1, 0.15) is 5.69 Å². The van der Waals surface area contributed by atoms with Crippen LogP contribution in [0.4, 0.5) is 5.69 Å². The minimum atomic E-state index is -0.120. The standard InChI is InChI=1S/C19H17ClN2O3S/c1-25-15-5-6-17-16(9-15)18(23)8-14(21-17)10-26-11-19(24)22-13-4-2-3-12(20)7-13/h2-9H,10-11H2,1H3,(H,21,23)(H,22,24). The van der Waals surface area contributed by atoms with Crippen LogP contribution < -0.4 is 15.5 Å². The number of hydrogen-bond acceptors (Lipinski definition) is 4. The van der Waals surface area contributed by atoms with Crippen molar-refractivity contribution in [2.45, 2.75) is 5.75 Å². The number of fused-ring (bicyclic) bond motifs is 1. The third-order valence-corrected chi connectivity index (χ3v) is 4.91. The fourth-order valence-corrected chi connectivity index (χ4v) is 3.43. The van der Waals surface area contributed by atoms with Gasteiger partial charge in [0, 0.05) is 39.1 Å². The van der Waals surface area contributed by atoms with Crippen LogP contribution in [0.25, 0.3) is 10.9 Å². The Morgan fingerprint density at radius 3 is 2.85 bits per heavy atom. The number of H-pyrrole nitrogens is 1. The molecule has 0 fully saturated rings. The van der Waals surface area contributed by atoms with E-state index >= 15 is 0 Å². The molecule has 3 aromatic rings. The minimum Gasteiger partial charge on any atom is -0.497 e. The van der Waals surface area contributed by atoms with Gasteiger partial charge in [0.15, 0.2) is 5.43 Å². The van der Waals surface area contributed by atoms with Gasteiger partial charge >= 0.3 is 0 Å². The number of aromatic nitrogens is 1. The highest BCUT2D eigenvalue weighted by atomic mass is 35.5. The second kappa shape index (κ2) is 8.29. The number of carbonyl (C=O) groups is 1. The number of nitrogens with one attached hydrogen (secondary N) is 2. The maximum atomic E-state index is 12.3. The zero-order valence-corrected chi connectivity index (χ0v) is 15.6. The van der Waals surface area contributed by atoms with Crippen LogP contribution in [0.3, 0.4) is 0 Å². The van der Waals surface area contributed by atoms with E-state index in [1.165, 1.54) is 11.8 Å². The molecule has 3 rings (SSSR count). The number of amides is 1. The van der Waals surface area contributed by atoms with Crippen LogP contribution in [0.5, 0.6) is 5.75 Å². The van der Waals surface area contributed by atoms with E-state index < -0.39 is 0 Å². The molecule has 0 spiro atoms. The van der Waals surface area contributed by atoms with Crippen molar-refractivity contribution in [3.05, 3.63) is 69.5 Å². The van der Waals surface area contributed by atoms with E-state index in [0.717, 1.165) is 11.2 Å². The number of benzene rings is 2. The second-order valence-electron chi connectivity index (χ2n) is 5.62. The van der Waals surface area contributed by atoms with Crippen molar-refractivity contribution in [2.24, 2.45) is 0 Å². The lowest BCUT2D eigenvalue weighted by Crippen LogP contribution is -2.14. The summed E-state index contributed by atoms with van der Waals surface area (Å²) in [6, 6.07) is 13.9. The summed E-state index contributed by atoms with van der Waals surface area (Å²) >= 11 is 7.32. The molecule has 0 aliphatic rings. The van der Waals surface area contributed by atoms with Crippen LogP contribution in [-0.2, 0) is 10.5 Å². The topological polar surface area (TPSA) is 71.2 Å². The van der Waals surface area contributed by atoms with Gasteiger partial charge in [0.25, 0.3) is 0 Å². The lowest BCUT2D eigenvalue weighted by molar-refractivity contribution is -0.113. The average molecular weight is 389 g/mol. The Labute approximate surface area is 159 Å². The predicted octanol–water partition coefficient (Wildman–Crippen LogP) is 4.06. The number of aromatic amines is 1. The van der Waals surface area contributed by atoms with Crippen LogP contribution >= 0.6 is 23.4 Å². The molecule has 0 saturated heterocycles. The molecule has 1 aromatic heterocycles. The number of pyridine rings is 1. The van der Waals surface area contributed by atoms with Gasteiger partial charge in [-0.2, -0.15) is 0 Å². The van der Waals surface area contributed by atoms with Gasteiger partial charge in [0.2, 0.25) is 5.91 Å². The summed E-state index contributed by atoms with van der Waals surface area (Å²) in [4.78, 5) is 27.5. The minimum absolute atomic E-state index is 0.0726. The molecule has 0 radical (unpaired) electrons. The molecule has 0 bridgehead atoms. The molecular formula is C19H17ClN2O3S. The van der Waals surface area contributed by atoms with Crippen molar-refractivity contribution in [3.8, 4) is 5.75 Å². The van der Waals surface area contributed by atoms with E-state index in [1.54, 1.807) is 49.6 Å². The molecule has 26 heavy (non-hydrogen) atoms. The third kappa shape index (κ3) is 4.59. The largest absolute Gasteiger partial charge is 0.497 e. The Morgan fingerprint density at radius 2 is 2.08 bits per heavy atom. The van der Waals surface area contributed by atoms with Crippen molar-refractivity contribution in [2.75, 3.05) is 18.2 Å². The molecule has 0 aliphatic heterocycles. The number of thioether (sulfide) groups is 1. The first-order valence-electron chi connectivity index (χ1n) is 7.88. The van der Waals surface area contributed by atoms with Gasteiger partial charge in [-0.15, -0.1) is 11.8 Å². The van der Waals surface area contributed by atoms with Crippen molar-refractivity contribution in [1.82, 2.24) is 4.98 Å². The molecule has 5 nitrogen and oxygen atoms in total. The van der Waals surface area contributed by atoms with Crippen molar-refractivity contribution >= 4 is 45.9 Å². The predicted molar refractivity (Wildman–Crippen MR) is 107 cm³/mol. The van der Waals surface area contributed by atoms with Crippen molar-refractivity contribution in [3.63, 3.8) is 0 Å². The van der Waals surface area contributed by atoms with E-state index in [9.17, 15) is 9.59 Å². The van der Waals surface area contributed by atoms with E-state index in [0.29, 0.717) is 27.6 Å². The first-order valence-corrected chi connectivity index (χ1v) is 9.41. The number of methoxy groups -OCH3 is 1. The van der Waals surface area contributed by atoms with Crippen LogP contribution in [0, 0.1) is 0 Å². The van der Waals surface area contributed by atoms with Crippen LogP contribution in [0.15, 0.2) is 53.3 Å². The Morgan fingerprint density at radius 1 is 1.23 bits per heavy atom. The molecule has 0 unspecified atom stereocenters. The Kier molecular flexibility index (Phi) is 5.85. The fraction of sp³-hybridized carbons (Fsp3) is 0.158. The zero-order chi connectivity index (χ0) is 18.5. The summed E-state index contributed by atoms with van der Waals surface area (Å²) < 4.78 is 5.15. The fourth-order valence-electron chi connectivity index (χ4n) is 2.50. The highest BCUT2D eigenvalue weighted by Gasteiger charge is 2.07. The molecular weight excluding hydrogens is 372 g/mol. The number of hydrogen-bond donors (Lipinski definition) is 2. The highest BCUT2D eigenvalue weighted by molar-refractivity contribution is 7.99. The van der Waals surface area contributed by atoms with Crippen molar-refractivity contribution < 1.29 is 9.53 Å². The number of halogens is 1. The molecule has 2 aromatic carbocycles. The Hall–Kier alpha value is -2.44. The molecule has 0 aliphatic carbocycles. The smallest absolute Gasteiger partial charge is 0.234 e. The molecule has 0 saturated carbocycles. The summed E-state index contributed by atoms with van der Waals surface area (Å²) in [5, 5.41) is 3.94. The first kappa shape index (κ1) is 18.4. The lowest BCUT2D eigenvalue weighted by atomic mass is 10.2. The van der Waals surface area contributed by atoms with Crippen LogP contribution in [0.2, 0.25) is 5.02 Å². The quantitative estimate of drug-likeness (QED) is 0.668. The third-order valence-electron chi connectivity index (χ3n) is 3.69. The number of anilines is 1. The van der Waals surface area contributed by atoms with Gasteiger partial charge in [-0.25, -0.2) is 0 Å². The molecule has 7 heteroatoms.